The molecule has 0 fully saturated rings. The zero-order valence-corrected chi connectivity index (χ0v) is 17.8. The fourth-order valence-electron chi connectivity index (χ4n) is 3.43. The van der Waals surface area contributed by atoms with Crippen molar-refractivity contribution in [2.75, 3.05) is 18.4 Å². The summed E-state index contributed by atoms with van der Waals surface area (Å²) in [5.41, 5.74) is 4.97. The Hall–Kier alpha value is -3.74. The molecule has 0 saturated heterocycles. The molecule has 2 N–H and O–H groups in total. The Morgan fingerprint density at radius 2 is 1.84 bits per heavy atom. The van der Waals surface area contributed by atoms with E-state index < -0.39 is 0 Å². The van der Waals surface area contributed by atoms with Gasteiger partial charge in [-0.15, -0.1) is 0 Å². The van der Waals surface area contributed by atoms with E-state index in [1.54, 1.807) is 17.2 Å². The lowest BCUT2D eigenvalue weighted by Gasteiger charge is -2.09. The molecule has 0 bridgehead atoms. The number of aryl methyl sites for hydroxylation is 2. The molecule has 0 atom stereocenters. The van der Waals surface area contributed by atoms with E-state index in [9.17, 15) is 4.79 Å². The molecule has 0 spiro atoms. The highest BCUT2D eigenvalue weighted by Gasteiger charge is 2.11. The Balaban J connectivity index is 1.36. The minimum absolute atomic E-state index is 0.0857. The summed E-state index contributed by atoms with van der Waals surface area (Å²) >= 11 is 0. The van der Waals surface area contributed by atoms with Crippen LogP contribution >= 0.6 is 0 Å². The maximum absolute atomic E-state index is 12.4. The number of hydrogen-bond donors (Lipinski definition) is 2. The molecule has 31 heavy (non-hydrogen) atoms. The van der Waals surface area contributed by atoms with Gasteiger partial charge in [0.25, 0.3) is 5.91 Å². The molecule has 7 nitrogen and oxygen atoms in total. The SMILES string of the molecule is Cc1ccc(C(=O)NCCn2ncc3c(NCCc4ccccc4)ncnc32)cc1C. The van der Waals surface area contributed by atoms with Gasteiger partial charge in [-0.05, 0) is 49.1 Å². The second-order valence-electron chi connectivity index (χ2n) is 7.54. The van der Waals surface area contributed by atoms with Gasteiger partial charge in [-0.1, -0.05) is 36.4 Å². The van der Waals surface area contributed by atoms with E-state index >= 15 is 0 Å². The Labute approximate surface area is 181 Å². The highest BCUT2D eigenvalue weighted by molar-refractivity contribution is 5.94. The molecule has 0 aliphatic heterocycles. The monoisotopic (exact) mass is 414 g/mol. The van der Waals surface area contributed by atoms with E-state index in [1.807, 2.05) is 50.2 Å². The van der Waals surface area contributed by atoms with Crippen LogP contribution in [0.25, 0.3) is 11.0 Å². The summed E-state index contributed by atoms with van der Waals surface area (Å²) in [4.78, 5) is 21.2. The van der Waals surface area contributed by atoms with Crippen LogP contribution in [0.4, 0.5) is 5.82 Å². The zero-order valence-electron chi connectivity index (χ0n) is 17.8. The molecule has 1 amide bonds. The summed E-state index contributed by atoms with van der Waals surface area (Å²) in [7, 11) is 0. The van der Waals surface area contributed by atoms with Gasteiger partial charge in [0, 0.05) is 18.7 Å². The van der Waals surface area contributed by atoms with Gasteiger partial charge >= 0.3 is 0 Å². The molecule has 0 aliphatic carbocycles. The Morgan fingerprint density at radius 3 is 2.65 bits per heavy atom. The Kier molecular flexibility index (Phi) is 6.21. The van der Waals surface area contributed by atoms with Gasteiger partial charge in [0.1, 0.15) is 12.1 Å². The third-order valence-corrected chi connectivity index (χ3v) is 5.36. The second kappa shape index (κ2) is 9.38. The van der Waals surface area contributed by atoms with Crippen LogP contribution in [0.2, 0.25) is 0 Å². The van der Waals surface area contributed by atoms with Crippen LogP contribution < -0.4 is 10.6 Å². The number of carbonyl (C=O) groups excluding carboxylic acids is 1. The summed E-state index contributed by atoms with van der Waals surface area (Å²) in [6.07, 6.45) is 4.22. The van der Waals surface area contributed by atoms with E-state index in [4.69, 9.17) is 0 Å². The molecule has 0 unspecified atom stereocenters. The van der Waals surface area contributed by atoms with Crippen molar-refractivity contribution in [1.29, 1.82) is 0 Å². The molecule has 2 heterocycles. The average molecular weight is 415 g/mol. The highest BCUT2D eigenvalue weighted by atomic mass is 16.1. The molecule has 4 rings (SSSR count). The quantitative estimate of drug-likeness (QED) is 0.461. The van der Waals surface area contributed by atoms with Crippen LogP contribution in [0.1, 0.15) is 27.0 Å². The molecule has 7 heteroatoms. The van der Waals surface area contributed by atoms with Crippen molar-refractivity contribution < 1.29 is 4.79 Å². The number of aromatic nitrogens is 4. The van der Waals surface area contributed by atoms with E-state index in [1.165, 1.54) is 11.1 Å². The lowest BCUT2D eigenvalue weighted by atomic mass is 10.1. The van der Waals surface area contributed by atoms with Crippen molar-refractivity contribution in [2.24, 2.45) is 0 Å². The first-order valence-electron chi connectivity index (χ1n) is 10.4. The lowest BCUT2D eigenvalue weighted by molar-refractivity contribution is 0.0952. The molecule has 0 aliphatic rings. The first-order chi connectivity index (χ1) is 15.1. The summed E-state index contributed by atoms with van der Waals surface area (Å²) in [5, 5.41) is 11.6. The molecule has 4 aromatic rings. The number of anilines is 1. The van der Waals surface area contributed by atoms with Gasteiger partial charge in [-0.3, -0.25) is 4.79 Å². The van der Waals surface area contributed by atoms with Gasteiger partial charge in [0.2, 0.25) is 0 Å². The van der Waals surface area contributed by atoms with Crippen LogP contribution in [-0.4, -0.2) is 38.7 Å². The van der Waals surface area contributed by atoms with Crippen molar-refractivity contribution >= 4 is 22.8 Å². The van der Waals surface area contributed by atoms with Crippen molar-refractivity contribution in [2.45, 2.75) is 26.8 Å². The molecule has 0 radical (unpaired) electrons. The number of nitrogens with one attached hydrogen (secondary N) is 2. The fourth-order valence-corrected chi connectivity index (χ4v) is 3.43. The predicted octanol–water partition coefficient (Wildman–Crippen LogP) is 3.53. The number of hydrogen-bond acceptors (Lipinski definition) is 5. The minimum atomic E-state index is -0.0857. The third kappa shape index (κ3) is 4.88. The van der Waals surface area contributed by atoms with Crippen molar-refractivity contribution in [3.8, 4) is 0 Å². The minimum Gasteiger partial charge on any atom is -0.369 e. The van der Waals surface area contributed by atoms with E-state index in [0.29, 0.717) is 18.7 Å². The van der Waals surface area contributed by atoms with Gasteiger partial charge in [0.15, 0.2) is 5.65 Å². The second-order valence-corrected chi connectivity index (χ2v) is 7.54. The summed E-state index contributed by atoms with van der Waals surface area (Å²) in [6, 6.07) is 16.1. The first-order valence-corrected chi connectivity index (χ1v) is 10.4. The average Bonchev–Trinajstić information content (AvgIpc) is 3.20. The fraction of sp³-hybridized carbons (Fsp3) is 0.250. The maximum atomic E-state index is 12.4. The lowest BCUT2D eigenvalue weighted by Crippen LogP contribution is -2.27. The van der Waals surface area contributed by atoms with Crippen LogP contribution in [0.3, 0.4) is 0 Å². The number of rotatable bonds is 8. The van der Waals surface area contributed by atoms with Crippen LogP contribution in [0, 0.1) is 13.8 Å². The van der Waals surface area contributed by atoms with Crippen molar-refractivity contribution in [1.82, 2.24) is 25.1 Å². The molecule has 2 aromatic carbocycles. The van der Waals surface area contributed by atoms with Gasteiger partial charge in [0.05, 0.1) is 18.1 Å². The molecule has 2 aromatic heterocycles. The molecular formula is C24H26N6O. The third-order valence-electron chi connectivity index (χ3n) is 5.36. The highest BCUT2D eigenvalue weighted by Crippen LogP contribution is 2.18. The van der Waals surface area contributed by atoms with Crippen LogP contribution in [0.5, 0.6) is 0 Å². The molecule has 0 saturated carbocycles. The number of carbonyl (C=O) groups is 1. The number of benzene rings is 2. The largest absolute Gasteiger partial charge is 0.369 e. The summed E-state index contributed by atoms with van der Waals surface area (Å²) in [5.74, 6) is 0.684. The first kappa shape index (κ1) is 20.5. The number of fused-ring (bicyclic) bond motifs is 1. The van der Waals surface area contributed by atoms with E-state index in [0.717, 1.165) is 35.4 Å². The zero-order chi connectivity index (χ0) is 21.6. The Bertz CT molecular complexity index is 1190. The summed E-state index contributed by atoms with van der Waals surface area (Å²) in [6.45, 7) is 5.80. The van der Waals surface area contributed by atoms with Crippen LogP contribution in [-0.2, 0) is 13.0 Å². The number of nitrogens with zero attached hydrogens (tertiary/aromatic N) is 4. The van der Waals surface area contributed by atoms with Gasteiger partial charge in [-0.25, -0.2) is 14.6 Å². The van der Waals surface area contributed by atoms with Gasteiger partial charge < -0.3 is 10.6 Å². The molecular weight excluding hydrogens is 388 g/mol. The number of amides is 1. The smallest absolute Gasteiger partial charge is 0.251 e. The van der Waals surface area contributed by atoms with Crippen LogP contribution in [0.15, 0.2) is 61.1 Å². The van der Waals surface area contributed by atoms with Gasteiger partial charge in [-0.2, -0.15) is 5.10 Å². The maximum Gasteiger partial charge on any atom is 0.251 e. The standard InChI is InChI=1S/C24H26N6O/c1-17-8-9-20(14-18(17)2)24(31)26-12-13-30-23-21(15-29-30)22(27-16-28-23)25-11-10-19-6-4-3-5-7-19/h3-9,14-16H,10-13H2,1-2H3,(H,26,31)(H,25,27,28). The van der Waals surface area contributed by atoms with Crippen molar-refractivity contribution in [3.63, 3.8) is 0 Å². The normalized spacial score (nSPS) is 10.9. The predicted molar refractivity (Wildman–Crippen MR) is 122 cm³/mol. The van der Waals surface area contributed by atoms with E-state index in [-0.39, 0.29) is 5.91 Å². The topological polar surface area (TPSA) is 84.7 Å². The van der Waals surface area contributed by atoms with E-state index in [2.05, 4.69) is 37.8 Å². The molecule has 158 valence electrons. The van der Waals surface area contributed by atoms with Crippen molar-refractivity contribution in [3.05, 3.63) is 83.3 Å². The Morgan fingerprint density at radius 1 is 1.00 bits per heavy atom. The summed E-state index contributed by atoms with van der Waals surface area (Å²) < 4.78 is 1.79.